The van der Waals surface area contributed by atoms with Gasteiger partial charge in [-0.15, -0.1) is 0 Å². The zero-order valence-electron chi connectivity index (χ0n) is 16.1. The van der Waals surface area contributed by atoms with Gasteiger partial charge < -0.3 is 5.11 Å². The Balaban J connectivity index is 1.39. The number of rotatable bonds is 6. The Bertz CT molecular complexity index is 669. The lowest BCUT2D eigenvalue weighted by Crippen LogP contribution is -2.25. The number of hydrogen-bond donors (Lipinski definition) is 1. The summed E-state index contributed by atoms with van der Waals surface area (Å²) in [7, 11) is 0. The average molecular weight is 366 g/mol. The average Bonchev–Trinajstić information content (AvgIpc) is 2.72. The van der Waals surface area contributed by atoms with Gasteiger partial charge in [0.05, 0.1) is 11.6 Å². The molecule has 0 radical (unpaired) electrons. The molecule has 0 amide bonds. The first-order valence-corrected chi connectivity index (χ1v) is 10.5. The van der Waals surface area contributed by atoms with Crippen LogP contribution in [0, 0.1) is 29.1 Å². The highest BCUT2D eigenvalue weighted by Gasteiger charge is 2.31. The van der Waals surface area contributed by atoms with Gasteiger partial charge >= 0.3 is 5.97 Å². The summed E-state index contributed by atoms with van der Waals surface area (Å²) in [6.07, 6.45) is 15.8. The van der Waals surface area contributed by atoms with Gasteiger partial charge in [-0.3, -0.25) is 0 Å². The predicted octanol–water partition coefficient (Wildman–Crippen LogP) is 6.06. The van der Waals surface area contributed by atoms with Crippen LogP contribution in [0.1, 0.15) is 81.3 Å². The lowest BCUT2D eigenvalue weighted by atomic mass is 9.68. The van der Waals surface area contributed by atoms with E-state index in [0.29, 0.717) is 5.92 Å². The highest BCUT2D eigenvalue weighted by molar-refractivity contribution is 5.79. The van der Waals surface area contributed by atoms with Crippen molar-refractivity contribution in [2.24, 2.45) is 17.8 Å². The third-order valence-electron chi connectivity index (χ3n) is 6.84. The molecule has 3 nitrogen and oxygen atoms in total. The van der Waals surface area contributed by atoms with Crippen molar-refractivity contribution in [2.75, 3.05) is 0 Å². The Morgan fingerprint density at radius 3 is 2.15 bits per heavy atom. The van der Waals surface area contributed by atoms with Crippen molar-refractivity contribution in [1.29, 1.82) is 5.26 Å². The van der Waals surface area contributed by atoms with E-state index in [4.69, 9.17) is 10.4 Å². The van der Waals surface area contributed by atoms with E-state index in [0.717, 1.165) is 36.2 Å². The van der Waals surface area contributed by atoms with Gasteiger partial charge in [-0.1, -0.05) is 31.1 Å². The highest BCUT2D eigenvalue weighted by Crippen LogP contribution is 2.44. The molecule has 1 aromatic rings. The normalized spacial score (nSPS) is 28.7. The second kappa shape index (κ2) is 9.74. The van der Waals surface area contributed by atoms with Gasteiger partial charge in [0.1, 0.15) is 0 Å². The summed E-state index contributed by atoms with van der Waals surface area (Å²) in [4.78, 5) is 10.5. The Hall–Kier alpha value is -2.08. The first kappa shape index (κ1) is 19.7. The van der Waals surface area contributed by atoms with E-state index in [1.165, 1.54) is 63.0 Å². The monoisotopic (exact) mass is 365 g/mol. The van der Waals surface area contributed by atoms with Crippen LogP contribution in [0.5, 0.6) is 0 Å². The number of carboxylic acid groups (broad SMARTS) is 1. The van der Waals surface area contributed by atoms with Gasteiger partial charge in [0, 0.05) is 6.08 Å². The van der Waals surface area contributed by atoms with Crippen molar-refractivity contribution in [3.8, 4) is 6.07 Å². The van der Waals surface area contributed by atoms with E-state index < -0.39 is 5.97 Å². The smallest absolute Gasteiger partial charge is 0.327 e. The summed E-state index contributed by atoms with van der Waals surface area (Å²) >= 11 is 0. The third-order valence-corrected chi connectivity index (χ3v) is 6.84. The van der Waals surface area contributed by atoms with Crippen LogP contribution in [0.25, 0.3) is 0 Å². The molecule has 2 aliphatic carbocycles. The van der Waals surface area contributed by atoms with Crippen LogP contribution in [0.3, 0.4) is 0 Å². The van der Waals surface area contributed by atoms with Crippen molar-refractivity contribution in [1.82, 2.24) is 0 Å². The topological polar surface area (TPSA) is 61.1 Å². The standard InChI is InChI=1S/C24H31NO2/c25-17-19-7-11-21(12-8-19)23-15-13-22(14-16-23)20-9-5-18(6-10-20)3-1-2-4-24(26)27/h2,4,7-8,11-12,18,20,22-23H,1,3,5-6,9-10,13-16H2,(H,26,27)/b4-2+/t18-,20-,22-,23-. The van der Waals surface area contributed by atoms with E-state index in [1.807, 2.05) is 12.1 Å². The number of carboxylic acids is 1. The summed E-state index contributed by atoms with van der Waals surface area (Å²) in [5.74, 6) is 2.42. The summed E-state index contributed by atoms with van der Waals surface area (Å²) in [5.41, 5.74) is 2.16. The Morgan fingerprint density at radius 2 is 1.59 bits per heavy atom. The number of nitrogens with zero attached hydrogens (tertiary/aromatic N) is 1. The van der Waals surface area contributed by atoms with Crippen LogP contribution in [-0.2, 0) is 4.79 Å². The van der Waals surface area contributed by atoms with Gasteiger partial charge in [0.25, 0.3) is 0 Å². The second-order valence-corrected chi connectivity index (χ2v) is 8.44. The van der Waals surface area contributed by atoms with Crippen molar-refractivity contribution < 1.29 is 9.90 Å². The largest absolute Gasteiger partial charge is 0.478 e. The van der Waals surface area contributed by atoms with E-state index in [1.54, 1.807) is 6.08 Å². The van der Waals surface area contributed by atoms with Crippen molar-refractivity contribution in [3.63, 3.8) is 0 Å². The molecular weight excluding hydrogens is 334 g/mol. The second-order valence-electron chi connectivity index (χ2n) is 8.44. The zero-order valence-corrected chi connectivity index (χ0v) is 16.1. The molecule has 0 unspecified atom stereocenters. The molecule has 0 spiro atoms. The minimum atomic E-state index is -0.838. The van der Waals surface area contributed by atoms with Crippen molar-refractivity contribution in [3.05, 3.63) is 47.5 Å². The fourth-order valence-corrected chi connectivity index (χ4v) is 5.22. The van der Waals surface area contributed by atoms with Gasteiger partial charge in [-0.25, -0.2) is 4.79 Å². The SMILES string of the molecule is N#Cc1ccc([C@H]2CC[C@H]([C@H]3CC[C@H](CC/C=C/C(=O)O)CC3)CC2)cc1. The van der Waals surface area contributed by atoms with E-state index in [-0.39, 0.29) is 0 Å². The number of hydrogen-bond acceptors (Lipinski definition) is 2. The fraction of sp³-hybridized carbons (Fsp3) is 0.583. The number of allylic oxidation sites excluding steroid dienone is 1. The number of benzene rings is 1. The van der Waals surface area contributed by atoms with Crippen LogP contribution in [0.15, 0.2) is 36.4 Å². The molecule has 0 saturated heterocycles. The predicted molar refractivity (Wildman–Crippen MR) is 107 cm³/mol. The maximum atomic E-state index is 10.5. The maximum Gasteiger partial charge on any atom is 0.327 e. The first-order chi connectivity index (χ1) is 13.2. The molecule has 2 aliphatic rings. The van der Waals surface area contributed by atoms with Crippen LogP contribution >= 0.6 is 0 Å². The van der Waals surface area contributed by atoms with Crippen LogP contribution < -0.4 is 0 Å². The van der Waals surface area contributed by atoms with Crippen molar-refractivity contribution >= 4 is 5.97 Å². The van der Waals surface area contributed by atoms with Crippen molar-refractivity contribution in [2.45, 2.75) is 70.1 Å². The Labute approximate surface area is 163 Å². The fourth-order valence-electron chi connectivity index (χ4n) is 5.22. The molecule has 0 aliphatic heterocycles. The van der Waals surface area contributed by atoms with Crippen LogP contribution in [0.4, 0.5) is 0 Å². The van der Waals surface area contributed by atoms with Gasteiger partial charge in [-0.05, 0) is 92.7 Å². The molecular formula is C24H31NO2. The molecule has 27 heavy (non-hydrogen) atoms. The van der Waals surface area contributed by atoms with E-state index >= 15 is 0 Å². The number of carbonyl (C=O) groups is 1. The minimum absolute atomic E-state index is 0.673. The molecule has 3 heteroatoms. The van der Waals surface area contributed by atoms with Crippen LogP contribution in [-0.4, -0.2) is 11.1 Å². The van der Waals surface area contributed by atoms with Gasteiger partial charge in [0.15, 0.2) is 0 Å². The number of aliphatic carboxylic acids is 1. The number of nitriles is 1. The molecule has 3 rings (SSSR count). The van der Waals surface area contributed by atoms with Gasteiger partial charge in [-0.2, -0.15) is 5.26 Å². The molecule has 1 aromatic carbocycles. The first-order valence-electron chi connectivity index (χ1n) is 10.5. The Morgan fingerprint density at radius 1 is 1.00 bits per heavy atom. The quantitative estimate of drug-likeness (QED) is 0.623. The third kappa shape index (κ3) is 5.70. The molecule has 2 fully saturated rings. The Kier molecular flexibility index (Phi) is 7.10. The lowest BCUT2D eigenvalue weighted by molar-refractivity contribution is -0.131. The lowest BCUT2D eigenvalue weighted by Gasteiger charge is -2.38. The molecule has 0 aromatic heterocycles. The van der Waals surface area contributed by atoms with E-state index in [2.05, 4.69) is 18.2 Å². The zero-order chi connectivity index (χ0) is 19.1. The minimum Gasteiger partial charge on any atom is -0.478 e. The molecule has 0 bridgehead atoms. The summed E-state index contributed by atoms with van der Waals surface area (Å²) in [5, 5.41) is 17.6. The summed E-state index contributed by atoms with van der Waals surface area (Å²) < 4.78 is 0. The molecule has 0 heterocycles. The molecule has 144 valence electrons. The summed E-state index contributed by atoms with van der Waals surface area (Å²) in [6.45, 7) is 0. The maximum absolute atomic E-state index is 10.5. The molecule has 0 atom stereocenters. The van der Waals surface area contributed by atoms with Crippen LogP contribution in [0.2, 0.25) is 0 Å². The van der Waals surface area contributed by atoms with E-state index in [9.17, 15) is 4.79 Å². The molecule has 1 N–H and O–H groups in total. The molecule has 2 saturated carbocycles. The highest BCUT2D eigenvalue weighted by atomic mass is 16.4. The summed E-state index contributed by atoms with van der Waals surface area (Å²) in [6, 6.07) is 10.4. The van der Waals surface area contributed by atoms with Gasteiger partial charge in [0.2, 0.25) is 0 Å².